The molecule has 1 aliphatic rings. The zero-order valence-electron chi connectivity index (χ0n) is 8.29. The molecule has 1 atom stereocenters. The van der Waals surface area contributed by atoms with E-state index in [1.54, 1.807) is 0 Å². The number of aldehydes is 1. The summed E-state index contributed by atoms with van der Waals surface area (Å²) in [5, 5.41) is 10.1. The normalized spacial score (nSPS) is 25.6. The van der Waals surface area contributed by atoms with Crippen LogP contribution >= 0.6 is 0 Å². The Hall–Kier alpha value is -1.15. The van der Waals surface area contributed by atoms with Crippen LogP contribution in [0.5, 0.6) is 0 Å². The van der Waals surface area contributed by atoms with Crippen LogP contribution in [0.1, 0.15) is 29.5 Å². The van der Waals surface area contributed by atoms with Gasteiger partial charge in [-0.2, -0.15) is 0 Å². The second kappa shape index (κ2) is 3.21. The highest BCUT2D eigenvalue weighted by molar-refractivity contribution is 5.67. The quantitative estimate of drug-likeness (QED) is 0.684. The first-order valence-corrected chi connectivity index (χ1v) is 4.94. The largest absolute Gasteiger partial charge is 0.378 e. The number of hydrogen-bond donors (Lipinski definition) is 1. The van der Waals surface area contributed by atoms with Gasteiger partial charge in [-0.3, -0.25) is 4.79 Å². The summed E-state index contributed by atoms with van der Waals surface area (Å²) in [5.41, 5.74) is 1.86. The van der Waals surface area contributed by atoms with Gasteiger partial charge in [-0.05, 0) is 37.3 Å². The molecule has 2 heteroatoms. The summed E-state index contributed by atoms with van der Waals surface area (Å²) in [6.45, 7) is 2.02. The maximum Gasteiger partial charge on any atom is 0.156 e. The number of aliphatic hydroxyl groups is 1. The van der Waals surface area contributed by atoms with Gasteiger partial charge >= 0.3 is 0 Å². The molecule has 1 aromatic rings. The highest BCUT2D eigenvalue weighted by Gasteiger charge is 2.33. The lowest BCUT2D eigenvalue weighted by Crippen LogP contribution is -2.32. The Morgan fingerprint density at radius 3 is 3.00 bits per heavy atom. The van der Waals surface area contributed by atoms with E-state index in [-0.39, 0.29) is 0 Å². The standard InChI is InChI=1S/C12H14O2/c1-9-4-5-11-10(7-9)3-2-6-12(11,14)8-13/h4-5,7-8,14H,2-3,6H2,1H3. The minimum absolute atomic E-state index is 0.548. The Kier molecular flexibility index (Phi) is 2.16. The zero-order valence-corrected chi connectivity index (χ0v) is 8.29. The fourth-order valence-electron chi connectivity index (χ4n) is 2.16. The maximum absolute atomic E-state index is 10.9. The third kappa shape index (κ3) is 1.36. The van der Waals surface area contributed by atoms with E-state index in [4.69, 9.17) is 0 Å². The monoisotopic (exact) mass is 190 g/mol. The van der Waals surface area contributed by atoms with E-state index in [2.05, 4.69) is 6.07 Å². The van der Waals surface area contributed by atoms with E-state index in [0.29, 0.717) is 12.7 Å². The molecule has 2 rings (SSSR count). The lowest BCUT2D eigenvalue weighted by atomic mass is 9.79. The van der Waals surface area contributed by atoms with Crippen LogP contribution in [0.25, 0.3) is 0 Å². The van der Waals surface area contributed by atoms with Crippen molar-refractivity contribution in [1.29, 1.82) is 0 Å². The molecule has 0 aliphatic heterocycles. The smallest absolute Gasteiger partial charge is 0.156 e. The molecule has 0 heterocycles. The predicted molar refractivity (Wildman–Crippen MR) is 54.1 cm³/mol. The number of carbonyl (C=O) groups is 1. The van der Waals surface area contributed by atoms with Crippen LogP contribution in [0.3, 0.4) is 0 Å². The molecular weight excluding hydrogens is 176 g/mol. The minimum atomic E-state index is -1.23. The fraction of sp³-hybridized carbons (Fsp3) is 0.417. The number of hydrogen-bond acceptors (Lipinski definition) is 2. The topological polar surface area (TPSA) is 37.3 Å². The Balaban J connectivity index is 2.55. The number of benzene rings is 1. The van der Waals surface area contributed by atoms with E-state index < -0.39 is 5.60 Å². The Morgan fingerprint density at radius 2 is 2.29 bits per heavy atom. The number of aryl methyl sites for hydroxylation is 2. The SMILES string of the molecule is Cc1ccc2c(c1)CCCC2(O)C=O. The van der Waals surface area contributed by atoms with Crippen LogP contribution in [0.4, 0.5) is 0 Å². The zero-order chi connectivity index (χ0) is 10.2. The molecule has 2 nitrogen and oxygen atoms in total. The van der Waals surface area contributed by atoms with Crippen LogP contribution in [0.15, 0.2) is 18.2 Å². The molecule has 1 aromatic carbocycles. The first-order chi connectivity index (χ1) is 6.65. The first-order valence-electron chi connectivity index (χ1n) is 4.94. The van der Waals surface area contributed by atoms with Crippen LogP contribution in [-0.2, 0) is 16.8 Å². The van der Waals surface area contributed by atoms with Gasteiger partial charge in [-0.15, -0.1) is 0 Å². The molecule has 0 spiro atoms. The Bertz CT molecular complexity index is 371. The second-order valence-corrected chi connectivity index (χ2v) is 4.06. The molecule has 0 aromatic heterocycles. The summed E-state index contributed by atoms with van der Waals surface area (Å²) in [6.07, 6.45) is 3.06. The molecule has 0 saturated carbocycles. The van der Waals surface area contributed by atoms with Gasteiger partial charge in [0, 0.05) is 0 Å². The van der Waals surface area contributed by atoms with Crippen molar-refractivity contribution in [3.05, 3.63) is 34.9 Å². The van der Waals surface area contributed by atoms with Gasteiger partial charge in [0.25, 0.3) is 0 Å². The molecule has 0 saturated heterocycles. The molecule has 1 N–H and O–H groups in total. The van der Waals surface area contributed by atoms with E-state index >= 15 is 0 Å². The van der Waals surface area contributed by atoms with Crippen molar-refractivity contribution in [2.24, 2.45) is 0 Å². The maximum atomic E-state index is 10.9. The Labute approximate surface area is 83.6 Å². The number of carbonyl (C=O) groups excluding carboxylic acids is 1. The van der Waals surface area contributed by atoms with Crippen molar-refractivity contribution >= 4 is 6.29 Å². The molecule has 74 valence electrons. The summed E-state index contributed by atoms with van der Waals surface area (Å²) in [7, 11) is 0. The van der Waals surface area contributed by atoms with Gasteiger partial charge in [-0.25, -0.2) is 0 Å². The Morgan fingerprint density at radius 1 is 1.50 bits per heavy atom. The highest BCUT2D eigenvalue weighted by Crippen LogP contribution is 2.33. The van der Waals surface area contributed by atoms with Crippen molar-refractivity contribution in [2.45, 2.75) is 31.8 Å². The first kappa shape index (κ1) is 9.41. The molecule has 0 bridgehead atoms. The molecule has 0 radical (unpaired) electrons. The van der Waals surface area contributed by atoms with Crippen LogP contribution in [0.2, 0.25) is 0 Å². The van der Waals surface area contributed by atoms with E-state index in [1.165, 1.54) is 5.56 Å². The lowest BCUT2D eigenvalue weighted by molar-refractivity contribution is -0.126. The molecule has 14 heavy (non-hydrogen) atoms. The predicted octanol–water partition coefficient (Wildman–Crippen LogP) is 1.72. The van der Waals surface area contributed by atoms with Gasteiger partial charge in [-0.1, -0.05) is 23.8 Å². The average Bonchev–Trinajstić information content (AvgIpc) is 2.18. The van der Waals surface area contributed by atoms with Crippen LogP contribution in [0, 0.1) is 6.92 Å². The fourth-order valence-corrected chi connectivity index (χ4v) is 2.16. The van der Waals surface area contributed by atoms with Crippen molar-refractivity contribution in [1.82, 2.24) is 0 Å². The van der Waals surface area contributed by atoms with E-state index in [0.717, 1.165) is 24.0 Å². The third-order valence-electron chi connectivity index (χ3n) is 2.93. The second-order valence-electron chi connectivity index (χ2n) is 4.06. The molecular formula is C12H14O2. The summed E-state index contributed by atoms with van der Waals surface area (Å²) in [4.78, 5) is 10.9. The van der Waals surface area contributed by atoms with Crippen molar-refractivity contribution in [2.75, 3.05) is 0 Å². The average molecular weight is 190 g/mol. The summed E-state index contributed by atoms with van der Waals surface area (Å²) in [5.74, 6) is 0. The minimum Gasteiger partial charge on any atom is -0.378 e. The lowest BCUT2D eigenvalue weighted by Gasteiger charge is -2.29. The molecule has 0 amide bonds. The molecule has 1 unspecified atom stereocenters. The van der Waals surface area contributed by atoms with Gasteiger partial charge in [0.1, 0.15) is 5.60 Å². The van der Waals surface area contributed by atoms with Crippen molar-refractivity contribution < 1.29 is 9.90 Å². The number of rotatable bonds is 1. The van der Waals surface area contributed by atoms with E-state index in [9.17, 15) is 9.90 Å². The van der Waals surface area contributed by atoms with Gasteiger partial charge in [0.2, 0.25) is 0 Å². The van der Waals surface area contributed by atoms with Gasteiger partial charge in [0.05, 0.1) is 0 Å². The summed E-state index contributed by atoms with van der Waals surface area (Å²) < 4.78 is 0. The third-order valence-corrected chi connectivity index (χ3v) is 2.93. The van der Waals surface area contributed by atoms with Gasteiger partial charge < -0.3 is 5.11 Å². The molecule has 0 fully saturated rings. The van der Waals surface area contributed by atoms with Crippen LogP contribution in [-0.4, -0.2) is 11.4 Å². The highest BCUT2D eigenvalue weighted by atomic mass is 16.3. The summed E-state index contributed by atoms with van der Waals surface area (Å²) >= 11 is 0. The van der Waals surface area contributed by atoms with Crippen LogP contribution < -0.4 is 0 Å². The summed E-state index contributed by atoms with van der Waals surface area (Å²) in [6, 6.07) is 5.87. The van der Waals surface area contributed by atoms with Crippen molar-refractivity contribution in [3.63, 3.8) is 0 Å². The molecule has 1 aliphatic carbocycles. The van der Waals surface area contributed by atoms with E-state index in [1.807, 2.05) is 19.1 Å². The van der Waals surface area contributed by atoms with Crippen molar-refractivity contribution in [3.8, 4) is 0 Å². The van der Waals surface area contributed by atoms with Gasteiger partial charge in [0.15, 0.2) is 6.29 Å². The number of fused-ring (bicyclic) bond motifs is 1.